The number of amides is 2. The Hall–Kier alpha value is -3.10. The lowest BCUT2D eigenvalue weighted by Crippen LogP contribution is -2.53. The van der Waals surface area contributed by atoms with Crippen LogP contribution in [0.4, 0.5) is 0 Å². The van der Waals surface area contributed by atoms with Crippen LogP contribution in [0.25, 0.3) is 10.9 Å². The molecular weight excluding hydrogens is 460 g/mol. The van der Waals surface area contributed by atoms with Crippen LogP contribution in [0.15, 0.2) is 27.8 Å². The SMILES string of the molecule is CCC(C)C(=O)N1CCN(C(=O)[C@H]2CC[C@H](Cn3c(=O)c4cc(OC)ccc4n(C)c3=O)CC2)CC1. The van der Waals surface area contributed by atoms with Crippen LogP contribution in [0.3, 0.4) is 0 Å². The van der Waals surface area contributed by atoms with Gasteiger partial charge in [0.2, 0.25) is 11.8 Å². The molecule has 1 aliphatic carbocycles. The molecule has 0 spiro atoms. The second-order valence-electron chi connectivity index (χ2n) is 10.3. The van der Waals surface area contributed by atoms with Gasteiger partial charge in [-0.05, 0) is 56.2 Å². The maximum absolute atomic E-state index is 13.2. The summed E-state index contributed by atoms with van der Waals surface area (Å²) in [5.41, 5.74) is -0.0296. The van der Waals surface area contributed by atoms with Crippen molar-refractivity contribution >= 4 is 22.7 Å². The molecule has 0 radical (unpaired) electrons. The highest BCUT2D eigenvalue weighted by atomic mass is 16.5. The van der Waals surface area contributed by atoms with Gasteiger partial charge in [0.1, 0.15) is 5.75 Å². The summed E-state index contributed by atoms with van der Waals surface area (Å²) in [7, 11) is 3.23. The molecule has 2 fully saturated rings. The Labute approximate surface area is 211 Å². The third-order valence-electron chi connectivity index (χ3n) is 8.13. The normalized spacial score (nSPS) is 21.4. The van der Waals surface area contributed by atoms with E-state index in [9.17, 15) is 19.2 Å². The predicted octanol–water partition coefficient (Wildman–Crippen LogP) is 2.23. The molecule has 36 heavy (non-hydrogen) atoms. The van der Waals surface area contributed by atoms with E-state index in [2.05, 4.69) is 0 Å². The van der Waals surface area contributed by atoms with E-state index in [4.69, 9.17) is 4.74 Å². The van der Waals surface area contributed by atoms with Gasteiger partial charge in [0.05, 0.1) is 18.0 Å². The fraction of sp³-hybridized carbons (Fsp3) is 0.630. The van der Waals surface area contributed by atoms with E-state index in [-0.39, 0.29) is 40.8 Å². The van der Waals surface area contributed by atoms with Crippen molar-refractivity contribution in [1.82, 2.24) is 18.9 Å². The minimum absolute atomic E-state index is 0.0245. The third-order valence-corrected chi connectivity index (χ3v) is 8.13. The van der Waals surface area contributed by atoms with Crippen molar-refractivity contribution in [3.8, 4) is 5.75 Å². The Morgan fingerprint density at radius 1 is 1.03 bits per heavy atom. The summed E-state index contributed by atoms with van der Waals surface area (Å²) in [6, 6.07) is 5.16. The van der Waals surface area contributed by atoms with Gasteiger partial charge in [-0.25, -0.2) is 4.79 Å². The first-order chi connectivity index (χ1) is 17.2. The molecule has 1 aromatic heterocycles. The lowest BCUT2D eigenvalue weighted by Gasteiger charge is -2.38. The topological polar surface area (TPSA) is 93.8 Å². The highest BCUT2D eigenvalue weighted by Gasteiger charge is 2.33. The highest BCUT2D eigenvalue weighted by molar-refractivity contribution is 5.81. The predicted molar refractivity (Wildman–Crippen MR) is 138 cm³/mol. The monoisotopic (exact) mass is 498 g/mol. The van der Waals surface area contributed by atoms with Gasteiger partial charge < -0.3 is 14.5 Å². The van der Waals surface area contributed by atoms with Gasteiger partial charge in [0, 0.05) is 51.6 Å². The molecule has 9 nitrogen and oxygen atoms in total. The third kappa shape index (κ3) is 5.06. The second kappa shape index (κ2) is 10.9. The van der Waals surface area contributed by atoms with E-state index in [1.54, 1.807) is 32.4 Å². The molecule has 196 valence electrons. The summed E-state index contributed by atoms with van der Waals surface area (Å²) in [6.07, 6.45) is 3.94. The minimum atomic E-state index is -0.319. The average Bonchev–Trinajstić information content (AvgIpc) is 2.93. The molecule has 2 aromatic rings. The number of ether oxygens (including phenoxy) is 1. The van der Waals surface area contributed by atoms with E-state index in [0.717, 1.165) is 32.1 Å². The van der Waals surface area contributed by atoms with Gasteiger partial charge in [-0.15, -0.1) is 0 Å². The Balaban J connectivity index is 1.37. The van der Waals surface area contributed by atoms with E-state index >= 15 is 0 Å². The van der Waals surface area contributed by atoms with Gasteiger partial charge in [0.25, 0.3) is 5.56 Å². The van der Waals surface area contributed by atoms with Crippen LogP contribution in [0.1, 0.15) is 46.0 Å². The number of methoxy groups -OCH3 is 1. The average molecular weight is 499 g/mol. The molecule has 1 atom stereocenters. The summed E-state index contributed by atoms with van der Waals surface area (Å²) in [4.78, 5) is 55.5. The number of hydrogen-bond donors (Lipinski definition) is 0. The lowest BCUT2D eigenvalue weighted by molar-refractivity contribution is -0.144. The number of fused-ring (bicyclic) bond motifs is 1. The zero-order valence-corrected chi connectivity index (χ0v) is 21.9. The number of hydrogen-bond acceptors (Lipinski definition) is 5. The van der Waals surface area contributed by atoms with Crippen molar-refractivity contribution in [3.05, 3.63) is 39.0 Å². The number of aromatic nitrogens is 2. The van der Waals surface area contributed by atoms with Crippen molar-refractivity contribution in [3.63, 3.8) is 0 Å². The molecule has 9 heteroatoms. The summed E-state index contributed by atoms with van der Waals surface area (Å²) >= 11 is 0. The summed E-state index contributed by atoms with van der Waals surface area (Å²) in [5.74, 6) is 1.10. The molecule has 1 aliphatic heterocycles. The molecule has 1 aromatic carbocycles. The van der Waals surface area contributed by atoms with E-state index < -0.39 is 0 Å². The zero-order valence-electron chi connectivity index (χ0n) is 21.9. The van der Waals surface area contributed by atoms with E-state index in [1.807, 2.05) is 23.6 Å². The first-order valence-corrected chi connectivity index (χ1v) is 13.1. The lowest BCUT2D eigenvalue weighted by atomic mass is 9.81. The molecule has 2 amide bonds. The van der Waals surface area contributed by atoms with Crippen molar-refractivity contribution in [1.29, 1.82) is 0 Å². The van der Waals surface area contributed by atoms with Crippen LogP contribution in [0, 0.1) is 17.8 Å². The van der Waals surface area contributed by atoms with Crippen LogP contribution in [0.5, 0.6) is 5.75 Å². The second-order valence-corrected chi connectivity index (χ2v) is 10.3. The number of rotatable bonds is 6. The first kappa shape index (κ1) is 26.0. The maximum atomic E-state index is 13.2. The smallest absolute Gasteiger partial charge is 0.331 e. The van der Waals surface area contributed by atoms with E-state index in [1.165, 1.54) is 9.13 Å². The first-order valence-electron chi connectivity index (χ1n) is 13.1. The number of benzene rings is 1. The van der Waals surface area contributed by atoms with E-state index in [0.29, 0.717) is 49.4 Å². The Morgan fingerprint density at radius 2 is 1.67 bits per heavy atom. The van der Waals surface area contributed by atoms with Gasteiger partial charge >= 0.3 is 5.69 Å². The van der Waals surface area contributed by atoms with Crippen LogP contribution in [-0.2, 0) is 23.2 Å². The quantitative estimate of drug-likeness (QED) is 0.609. The molecule has 4 rings (SSSR count). The molecule has 0 bridgehead atoms. The molecular formula is C27H38N4O5. The standard InChI is InChI=1S/C27H38N4O5/c1-5-18(2)24(32)29-12-14-30(15-13-29)25(33)20-8-6-19(7-9-20)17-31-26(34)22-16-21(36-4)10-11-23(22)28(3)27(31)35/h10-11,16,18-20H,5-9,12-15,17H2,1-4H3/t18?,19-,20-. The van der Waals surface area contributed by atoms with Crippen LogP contribution in [0.2, 0.25) is 0 Å². The Kier molecular flexibility index (Phi) is 7.85. The van der Waals surface area contributed by atoms with Crippen LogP contribution in [-0.4, -0.2) is 64.0 Å². The summed E-state index contributed by atoms with van der Waals surface area (Å²) in [6.45, 7) is 6.71. The molecule has 2 heterocycles. The Bertz CT molecular complexity index is 1230. The van der Waals surface area contributed by atoms with Gasteiger partial charge in [-0.3, -0.25) is 23.5 Å². The number of carbonyl (C=O) groups is 2. The number of carbonyl (C=O) groups excluding carboxylic acids is 2. The zero-order chi connectivity index (χ0) is 26.0. The van der Waals surface area contributed by atoms with Gasteiger partial charge in [-0.2, -0.15) is 0 Å². The molecule has 2 aliphatic rings. The molecule has 1 saturated heterocycles. The molecule has 1 saturated carbocycles. The van der Waals surface area contributed by atoms with Gasteiger partial charge in [-0.1, -0.05) is 13.8 Å². The number of nitrogens with zero attached hydrogens (tertiary/aromatic N) is 4. The minimum Gasteiger partial charge on any atom is -0.497 e. The summed E-state index contributed by atoms with van der Waals surface area (Å²) in [5, 5.41) is 0.464. The maximum Gasteiger partial charge on any atom is 0.331 e. The fourth-order valence-electron chi connectivity index (χ4n) is 5.53. The van der Waals surface area contributed by atoms with Crippen molar-refractivity contribution < 1.29 is 14.3 Å². The van der Waals surface area contributed by atoms with Crippen LogP contribution < -0.4 is 16.0 Å². The van der Waals surface area contributed by atoms with Crippen molar-refractivity contribution in [2.45, 2.75) is 52.5 Å². The van der Waals surface area contributed by atoms with Gasteiger partial charge in [0.15, 0.2) is 0 Å². The largest absolute Gasteiger partial charge is 0.497 e. The number of piperazine rings is 1. The number of aryl methyl sites for hydroxylation is 1. The Morgan fingerprint density at radius 3 is 2.28 bits per heavy atom. The van der Waals surface area contributed by atoms with Crippen molar-refractivity contribution in [2.75, 3.05) is 33.3 Å². The summed E-state index contributed by atoms with van der Waals surface area (Å²) < 4.78 is 8.11. The molecule has 0 N–H and O–H groups in total. The molecule has 1 unspecified atom stereocenters. The van der Waals surface area contributed by atoms with Crippen LogP contribution >= 0.6 is 0 Å². The fourth-order valence-corrected chi connectivity index (χ4v) is 5.53. The van der Waals surface area contributed by atoms with Crippen molar-refractivity contribution in [2.24, 2.45) is 24.8 Å². The highest BCUT2D eigenvalue weighted by Crippen LogP contribution is 2.31.